The summed E-state index contributed by atoms with van der Waals surface area (Å²) in [5.41, 5.74) is 2.77. The maximum atomic E-state index is 12.5. The second-order valence-electron chi connectivity index (χ2n) is 5.65. The lowest BCUT2D eigenvalue weighted by atomic mass is 9.82. The maximum Gasteiger partial charge on any atom is 0.310 e. The monoisotopic (exact) mass is 287 g/mol. The van der Waals surface area contributed by atoms with Crippen molar-refractivity contribution < 1.29 is 19.4 Å². The van der Waals surface area contributed by atoms with Crippen molar-refractivity contribution in [2.45, 2.75) is 26.1 Å². The van der Waals surface area contributed by atoms with Gasteiger partial charge in [-0.05, 0) is 25.5 Å². The van der Waals surface area contributed by atoms with Gasteiger partial charge in [0.05, 0.1) is 18.1 Å². The molecule has 1 saturated heterocycles. The molecule has 1 amide bonds. The molecule has 0 spiro atoms. The summed E-state index contributed by atoms with van der Waals surface area (Å²) < 4.78 is 5.51. The van der Waals surface area contributed by atoms with E-state index in [1.807, 2.05) is 32.0 Å². The molecule has 1 fully saturated rings. The first-order chi connectivity index (χ1) is 9.97. The van der Waals surface area contributed by atoms with Gasteiger partial charge >= 0.3 is 5.97 Å². The quantitative estimate of drug-likeness (QED) is 0.833. The standard InChI is InChI=1S/C16H17NO4/c1-8-3-4-10(9(2)7-8)17-15(18)13-11-5-6-12(21-11)14(13)16(19)20/h3-7,11-14H,1-2H3,(H,17,18)(H,19,20)/t11-,12-,13+,14-/m1/s1. The molecule has 2 aliphatic rings. The first kappa shape index (κ1) is 13.8. The van der Waals surface area contributed by atoms with E-state index in [-0.39, 0.29) is 5.91 Å². The van der Waals surface area contributed by atoms with Gasteiger partial charge in [0.15, 0.2) is 0 Å². The van der Waals surface area contributed by atoms with Gasteiger partial charge in [0.1, 0.15) is 5.92 Å². The highest BCUT2D eigenvalue weighted by Crippen LogP contribution is 2.40. The van der Waals surface area contributed by atoms with E-state index < -0.39 is 30.0 Å². The zero-order valence-corrected chi connectivity index (χ0v) is 11.9. The fourth-order valence-electron chi connectivity index (χ4n) is 3.08. The Morgan fingerprint density at radius 3 is 2.43 bits per heavy atom. The fourth-order valence-corrected chi connectivity index (χ4v) is 3.08. The molecule has 1 aromatic carbocycles. The van der Waals surface area contributed by atoms with E-state index in [0.29, 0.717) is 5.69 Å². The van der Waals surface area contributed by atoms with Crippen LogP contribution in [-0.2, 0) is 14.3 Å². The minimum atomic E-state index is -0.993. The van der Waals surface area contributed by atoms with Crippen LogP contribution in [0.15, 0.2) is 30.4 Å². The number of carboxylic acid groups (broad SMARTS) is 1. The van der Waals surface area contributed by atoms with E-state index in [0.717, 1.165) is 11.1 Å². The van der Waals surface area contributed by atoms with Gasteiger partial charge < -0.3 is 15.2 Å². The summed E-state index contributed by atoms with van der Waals surface area (Å²) in [6.07, 6.45) is 2.56. The Labute approximate surface area is 122 Å². The highest BCUT2D eigenvalue weighted by molar-refractivity contribution is 5.97. The summed E-state index contributed by atoms with van der Waals surface area (Å²) in [7, 11) is 0. The van der Waals surface area contributed by atoms with Crippen LogP contribution in [0.4, 0.5) is 5.69 Å². The zero-order valence-electron chi connectivity index (χ0n) is 11.9. The molecule has 2 heterocycles. The first-order valence-electron chi connectivity index (χ1n) is 6.92. The number of carboxylic acids is 1. The molecule has 2 aliphatic heterocycles. The topological polar surface area (TPSA) is 75.6 Å². The molecule has 0 radical (unpaired) electrons. The van der Waals surface area contributed by atoms with E-state index in [1.165, 1.54) is 0 Å². The smallest absolute Gasteiger partial charge is 0.310 e. The lowest BCUT2D eigenvalue weighted by Gasteiger charge is -2.21. The third kappa shape index (κ3) is 2.34. The highest BCUT2D eigenvalue weighted by atomic mass is 16.5. The molecule has 5 nitrogen and oxygen atoms in total. The third-order valence-electron chi connectivity index (χ3n) is 4.13. The van der Waals surface area contributed by atoms with Crippen LogP contribution in [-0.4, -0.2) is 29.2 Å². The zero-order chi connectivity index (χ0) is 15.1. The predicted octanol–water partition coefficient (Wildman–Crippen LogP) is 1.90. The van der Waals surface area contributed by atoms with Crippen LogP contribution in [0.1, 0.15) is 11.1 Å². The van der Waals surface area contributed by atoms with Crippen LogP contribution in [0.25, 0.3) is 0 Å². The second kappa shape index (κ2) is 5.00. The van der Waals surface area contributed by atoms with Crippen LogP contribution in [0.2, 0.25) is 0 Å². The molecule has 4 atom stereocenters. The Kier molecular flexibility index (Phi) is 3.29. The van der Waals surface area contributed by atoms with Gasteiger partial charge in [0.25, 0.3) is 0 Å². The molecule has 0 saturated carbocycles. The van der Waals surface area contributed by atoms with Crippen molar-refractivity contribution in [3.8, 4) is 0 Å². The molecule has 2 N–H and O–H groups in total. The SMILES string of the molecule is Cc1ccc(NC(=O)[C@@H]2[C@H](C(=O)O)[C@H]3C=C[C@H]2O3)c(C)c1. The summed E-state index contributed by atoms with van der Waals surface area (Å²) in [6, 6.07) is 5.72. The number of amides is 1. The maximum absolute atomic E-state index is 12.5. The molecule has 3 rings (SSSR count). The van der Waals surface area contributed by atoms with Crippen molar-refractivity contribution >= 4 is 17.6 Å². The van der Waals surface area contributed by atoms with Gasteiger partial charge in [-0.3, -0.25) is 9.59 Å². The Hall–Kier alpha value is -2.14. The number of carbonyl (C=O) groups is 2. The average molecular weight is 287 g/mol. The van der Waals surface area contributed by atoms with Gasteiger partial charge in [-0.1, -0.05) is 29.8 Å². The number of anilines is 1. The van der Waals surface area contributed by atoms with E-state index >= 15 is 0 Å². The summed E-state index contributed by atoms with van der Waals surface area (Å²) >= 11 is 0. The van der Waals surface area contributed by atoms with E-state index in [1.54, 1.807) is 12.2 Å². The third-order valence-corrected chi connectivity index (χ3v) is 4.13. The minimum Gasteiger partial charge on any atom is -0.481 e. The molecule has 2 bridgehead atoms. The van der Waals surface area contributed by atoms with Crippen LogP contribution >= 0.6 is 0 Å². The highest BCUT2D eigenvalue weighted by Gasteiger charge is 2.53. The Morgan fingerprint density at radius 2 is 1.81 bits per heavy atom. The van der Waals surface area contributed by atoms with Crippen molar-refractivity contribution in [1.82, 2.24) is 0 Å². The molecule has 0 aliphatic carbocycles. The molecule has 110 valence electrons. The van der Waals surface area contributed by atoms with Gasteiger partial charge in [0, 0.05) is 5.69 Å². The number of rotatable bonds is 3. The minimum absolute atomic E-state index is 0.300. The predicted molar refractivity (Wildman–Crippen MR) is 77.0 cm³/mol. The number of hydrogen-bond donors (Lipinski definition) is 2. The molecule has 21 heavy (non-hydrogen) atoms. The summed E-state index contributed by atoms with van der Waals surface area (Å²) in [5.74, 6) is -2.79. The van der Waals surface area contributed by atoms with Gasteiger partial charge in [-0.25, -0.2) is 0 Å². The van der Waals surface area contributed by atoms with Gasteiger partial charge in [0.2, 0.25) is 5.91 Å². The lowest BCUT2D eigenvalue weighted by Crippen LogP contribution is -2.39. The number of aliphatic carboxylic acids is 1. The number of aryl methyl sites for hydroxylation is 2. The average Bonchev–Trinajstić information content (AvgIpc) is 3.02. The van der Waals surface area contributed by atoms with Crippen LogP contribution in [0.5, 0.6) is 0 Å². The Morgan fingerprint density at radius 1 is 1.14 bits per heavy atom. The number of fused-ring (bicyclic) bond motifs is 2. The largest absolute Gasteiger partial charge is 0.481 e. The van der Waals surface area contributed by atoms with Crippen molar-refractivity contribution in [3.05, 3.63) is 41.5 Å². The van der Waals surface area contributed by atoms with E-state index in [4.69, 9.17) is 4.74 Å². The van der Waals surface area contributed by atoms with E-state index in [9.17, 15) is 14.7 Å². The fraction of sp³-hybridized carbons (Fsp3) is 0.375. The summed E-state index contributed by atoms with van der Waals surface area (Å²) in [4.78, 5) is 23.8. The summed E-state index contributed by atoms with van der Waals surface area (Å²) in [6.45, 7) is 3.89. The molecule has 0 aromatic heterocycles. The number of ether oxygens (including phenoxy) is 1. The normalized spacial score (nSPS) is 29.6. The van der Waals surface area contributed by atoms with Crippen molar-refractivity contribution in [2.75, 3.05) is 5.32 Å². The number of benzene rings is 1. The number of nitrogens with one attached hydrogen (secondary N) is 1. The second-order valence-corrected chi connectivity index (χ2v) is 5.65. The van der Waals surface area contributed by atoms with Crippen LogP contribution in [0.3, 0.4) is 0 Å². The lowest BCUT2D eigenvalue weighted by molar-refractivity contribution is -0.145. The van der Waals surface area contributed by atoms with Gasteiger partial charge in [-0.15, -0.1) is 0 Å². The molecule has 5 heteroatoms. The molecular weight excluding hydrogens is 270 g/mol. The molecular formula is C16H17NO4. The van der Waals surface area contributed by atoms with E-state index in [2.05, 4.69) is 5.32 Å². The Bertz CT molecular complexity index is 637. The molecule has 0 unspecified atom stereocenters. The molecule has 1 aromatic rings. The van der Waals surface area contributed by atoms with Crippen molar-refractivity contribution in [2.24, 2.45) is 11.8 Å². The number of hydrogen-bond acceptors (Lipinski definition) is 3. The van der Waals surface area contributed by atoms with Gasteiger partial charge in [-0.2, -0.15) is 0 Å². The first-order valence-corrected chi connectivity index (χ1v) is 6.92. The number of carbonyl (C=O) groups excluding carboxylic acids is 1. The van der Waals surface area contributed by atoms with Crippen molar-refractivity contribution in [3.63, 3.8) is 0 Å². The Balaban J connectivity index is 1.82. The summed E-state index contributed by atoms with van der Waals surface area (Å²) in [5, 5.41) is 12.2. The van der Waals surface area contributed by atoms with Crippen LogP contribution in [0, 0.1) is 25.7 Å². The van der Waals surface area contributed by atoms with Crippen LogP contribution < -0.4 is 5.32 Å². The van der Waals surface area contributed by atoms with Crippen molar-refractivity contribution in [1.29, 1.82) is 0 Å².